The van der Waals surface area contributed by atoms with Gasteiger partial charge in [0.1, 0.15) is 11.9 Å². The summed E-state index contributed by atoms with van der Waals surface area (Å²) in [5.41, 5.74) is 4.81. The van der Waals surface area contributed by atoms with Crippen LogP contribution in [0.25, 0.3) is 22.0 Å². The molecule has 2 amide bonds. The van der Waals surface area contributed by atoms with Crippen LogP contribution in [-0.4, -0.2) is 70.9 Å². The maximum atomic E-state index is 12.8. The average molecular weight is 682 g/mol. The van der Waals surface area contributed by atoms with Crippen molar-refractivity contribution < 1.29 is 24.5 Å². The van der Waals surface area contributed by atoms with Crippen LogP contribution in [-0.2, 0) is 11.3 Å². The minimum atomic E-state index is -0.860. The normalized spacial score (nSPS) is 14.4. The number of benzene rings is 3. The fraction of sp³-hybridized carbons (Fsp3) is 0.270. The summed E-state index contributed by atoms with van der Waals surface area (Å²) in [6, 6.07) is 23.1. The highest BCUT2D eigenvalue weighted by atomic mass is 32.1. The fourth-order valence-corrected chi connectivity index (χ4v) is 6.68. The van der Waals surface area contributed by atoms with Gasteiger partial charge in [0, 0.05) is 61.8 Å². The first kappa shape index (κ1) is 33.9. The van der Waals surface area contributed by atoms with Gasteiger partial charge in [-0.2, -0.15) is 11.3 Å². The Kier molecular flexibility index (Phi) is 11.0. The van der Waals surface area contributed by atoms with E-state index in [1.165, 1.54) is 12.1 Å². The lowest BCUT2D eigenvalue weighted by atomic mass is 10.0. The molecule has 1 aliphatic heterocycles. The molecule has 0 aliphatic carbocycles. The molecule has 5 aromatic rings. The summed E-state index contributed by atoms with van der Waals surface area (Å²) < 4.78 is 5.73. The van der Waals surface area contributed by atoms with Crippen molar-refractivity contribution >= 4 is 39.9 Å². The first-order chi connectivity index (χ1) is 23.8. The SMILES string of the molecule is O=C(Nc1ccccc1-c1ccsc1)OC1CCN(CCNC(=O)c2ccc(CNCC(O)c3ccc(O)c4[nH]c(=O)ccc34)cc2)CC1. The van der Waals surface area contributed by atoms with Gasteiger partial charge in [-0.05, 0) is 76.7 Å². The first-order valence-corrected chi connectivity index (χ1v) is 17.2. The van der Waals surface area contributed by atoms with Gasteiger partial charge in [0.2, 0.25) is 5.56 Å². The van der Waals surface area contributed by atoms with Crippen molar-refractivity contribution in [3.63, 3.8) is 0 Å². The van der Waals surface area contributed by atoms with Crippen LogP contribution in [0, 0.1) is 0 Å². The van der Waals surface area contributed by atoms with Crippen molar-refractivity contribution in [2.75, 3.05) is 38.0 Å². The number of nitrogens with zero attached hydrogens (tertiary/aromatic N) is 1. The van der Waals surface area contributed by atoms with Crippen LogP contribution in [0.5, 0.6) is 5.75 Å². The number of phenols is 1. The summed E-state index contributed by atoms with van der Waals surface area (Å²) in [5, 5.41) is 34.6. The lowest BCUT2D eigenvalue weighted by Gasteiger charge is -2.31. The van der Waals surface area contributed by atoms with Crippen molar-refractivity contribution in [3.05, 3.63) is 117 Å². The summed E-state index contributed by atoms with van der Waals surface area (Å²) in [6.45, 7) is 3.49. The Balaban J connectivity index is 0.884. The second-order valence-corrected chi connectivity index (χ2v) is 12.8. The summed E-state index contributed by atoms with van der Waals surface area (Å²) in [7, 11) is 0. The van der Waals surface area contributed by atoms with Gasteiger partial charge in [0.25, 0.3) is 5.91 Å². The molecule has 254 valence electrons. The molecule has 1 fully saturated rings. The molecule has 12 heteroatoms. The molecule has 0 spiro atoms. The molecule has 6 N–H and O–H groups in total. The lowest BCUT2D eigenvalue weighted by Crippen LogP contribution is -2.42. The van der Waals surface area contributed by atoms with Crippen LogP contribution in [0.3, 0.4) is 0 Å². The zero-order chi connectivity index (χ0) is 34.2. The van der Waals surface area contributed by atoms with Crippen LogP contribution >= 0.6 is 11.3 Å². The Morgan fingerprint density at radius 1 is 1.00 bits per heavy atom. The highest BCUT2D eigenvalue weighted by Crippen LogP contribution is 2.30. The number of pyridine rings is 1. The Hall–Kier alpha value is -5.01. The monoisotopic (exact) mass is 681 g/mol. The minimum absolute atomic E-state index is 0.0539. The summed E-state index contributed by atoms with van der Waals surface area (Å²) in [4.78, 5) is 41.9. The van der Waals surface area contributed by atoms with E-state index in [2.05, 4.69) is 25.8 Å². The molecule has 1 unspecified atom stereocenters. The van der Waals surface area contributed by atoms with Crippen LogP contribution in [0.15, 0.2) is 94.4 Å². The maximum absolute atomic E-state index is 12.8. The third-order valence-electron chi connectivity index (χ3n) is 8.67. The highest BCUT2D eigenvalue weighted by Gasteiger charge is 2.23. The number of anilines is 1. The number of rotatable bonds is 12. The van der Waals surface area contributed by atoms with Crippen molar-refractivity contribution in [2.45, 2.75) is 31.6 Å². The zero-order valence-corrected chi connectivity index (χ0v) is 27.7. The van der Waals surface area contributed by atoms with E-state index in [4.69, 9.17) is 4.74 Å². The van der Waals surface area contributed by atoms with Crippen molar-refractivity contribution in [1.29, 1.82) is 0 Å². The van der Waals surface area contributed by atoms with Crippen LogP contribution < -0.4 is 21.5 Å². The summed E-state index contributed by atoms with van der Waals surface area (Å²) in [5.74, 6) is -0.202. The number of ether oxygens (including phenoxy) is 1. The van der Waals surface area contributed by atoms with Gasteiger partial charge in [-0.25, -0.2) is 4.79 Å². The number of carbonyl (C=O) groups excluding carboxylic acids is 2. The molecule has 3 aromatic carbocycles. The van der Waals surface area contributed by atoms with Gasteiger partial charge in [-0.3, -0.25) is 14.9 Å². The average Bonchev–Trinajstić information content (AvgIpc) is 3.65. The molecule has 0 saturated carbocycles. The standard InChI is InChI=1S/C37H39N5O6S/c43-32-11-9-29(30-10-12-34(45)41-35(30)32)33(44)22-38-21-24-5-7-25(8-6-24)36(46)39-16-19-42-17-13-27(14-18-42)48-37(47)40-31-4-2-1-3-28(31)26-15-20-49-23-26/h1-12,15,20,23,27,33,38,43-44H,13-14,16-19,21-22H2,(H,39,46)(H,40,47)(H,41,45). The molecule has 6 rings (SSSR count). The number of phenolic OH excluding ortho intramolecular Hbond substituents is 1. The minimum Gasteiger partial charge on any atom is -0.506 e. The molecule has 49 heavy (non-hydrogen) atoms. The molecule has 0 radical (unpaired) electrons. The molecule has 1 aliphatic rings. The van der Waals surface area contributed by atoms with E-state index < -0.39 is 12.2 Å². The van der Waals surface area contributed by atoms with Gasteiger partial charge in [-0.15, -0.1) is 0 Å². The van der Waals surface area contributed by atoms with E-state index >= 15 is 0 Å². The molecule has 1 atom stereocenters. The fourth-order valence-electron chi connectivity index (χ4n) is 6.02. The molecule has 2 aromatic heterocycles. The van der Waals surface area contributed by atoms with Crippen LogP contribution in [0.4, 0.5) is 10.5 Å². The van der Waals surface area contributed by atoms with Crippen molar-refractivity contribution in [3.8, 4) is 16.9 Å². The van der Waals surface area contributed by atoms with Crippen LogP contribution in [0.1, 0.15) is 40.4 Å². The smallest absolute Gasteiger partial charge is 0.411 e. The third-order valence-corrected chi connectivity index (χ3v) is 9.35. The van der Waals surface area contributed by atoms with Crippen molar-refractivity contribution in [1.82, 2.24) is 20.5 Å². The number of aromatic amines is 1. The number of amides is 2. The number of aromatic nitrogens is 1. The third kappa shape index (κ3) is 8.72. The molecule has 3 heterocycles. The first-order valence-electron chi connectivity index (χ1n) is 16.3. The van der Waals surface area contributed by atoms with Gasteiger partial charge in [0.05, 0.1) is 17.3 Å². The lowest BCUT2D eigenvalue weighted by molar-refractivity contribution is 0.0587. The number of H-pyrrole nitrogens is 1. The van der Waals surface area contributed by atoms with Crippen molar-refractivity contribution in [2.24, 2.45) is 0 Å². The largest absolute Gasteiger partial charge is 0.506 e. The zero-order valence-electron chi connectivity index (χ0n) is 26.9. The molecule has 0 bridgehead atoms. The Morgan fingerprint density at radius 2 is 1.80 bits per heavy atom. The topological polar surface area (TPSA) is 156 Å². The number of para-hydroxylation sites is 1. The predicted molar refractivity (Wildman–Crippen MR) is 191 cm³/mol. The maximum Gasteiger partial charge on any atom is 0.411 e. The number of aliphatic hydroxyl groups is 1. The van der Waals surface area contributed by atoms with Gasteiger partial charge >= 0.3 is 6.09 Å². The number of piperidine rings is 1. The number of fused-ring (bicyclic) bond motifs is 1. The van der Waals surface area contributed by atoms with E-state index in [1.54, 1.807) is 35.6 Å². The van der Waals surface area contributed by atoms with E-state index in [9.17, 15) is 24.6 Å². The quantitative estimate of drug-likeness (QED) is 0.105. The number of thiophene rings is 1. The molecular weight excluding hydrogens is 643 g/mol. The number of likely N-dealkylation sites (tertiary alicyclic amines) is 1. The molecular formula is C37H39N5O6S. The van der Waals surface area contributed by atoms with E-state index in [0.29, 0.717) is 41.7 Å². The molecule has 11 nitrogen and oxygen atoms in total. The second kappa shape index (κ2) is 15.9. The predicted octanol–water partition coefficient (Wildman–Crippen LogP) is 5.23. The summed E-state index contributed by atoms with van der Waals surface area (Å²) in [6.07, 6.45) is -0.00867. The van der Waals surface area contributed by atoms with E-state index in [1.807, 2.05) is 53.2 Å². The number of aromatic hydroxyl groups is 1. The van der Waals surface area contributed by atoms with Gasteiger partial charge in [-0.1, -0.05) is 36.4 Å². The Labute approximate surface area is 287 Å². The van der Waals surface area contributed by atoms with Crippen LogP contribution in [0.2, 0.25) is 0 Å². The highest BCUT2D eigenvalue weighted by molar-refractivity contribution is 7.08. The number of aliphatic hydroxyl groups excluding tert-OH is 1. The van der Waals surface area contributed by atoms with E-state index in [0.717, 1.165) is 48.3 Å². The summed E-state index contributed by atoms with van der Waals surface area (Å²) >= 11 is 1.61. The Morgan fingerprint density at radius 3 is 2.57 bits per heavy atom. The van der Waals surface area contributed by atoms with Gasteiger partial charge in [0.15, 0.2) is 0 Å². The van der Waals surface area contributed by atoms with E-state index in [-0.39, 0.29) is 29.9 Å². The second-order valence-electron chi connectivity index (χ2n) is 12.0. The number of hydrogen-bond acceptors (Lipinski definition) is 9. The molecule has 1 saturated heterocycles. The number of nitrogens with one attached hydrogen (secondary N) is 4. The Bertz CT molecular complexity index is 1940. The number of hydrogen-bond donors (Lipinski definition) is 6. The van der Waals surface area contributed by atoms with Gasteiger partial charge < -0.3 is 35.5 Å². The number of carbonyl (C=O) groups is 2.